The fraction of sp³-hybridized carbons (Fsp3) is 0.333. The Kier molecular flexibility index (Phi) is 5.45. The maximum absolute atomic E-state index is 13.5. The van der Waals surface area contributed by atoms with Gasteiger partial charge in [0.1, 0.15) is 11.6 Å². The van der Waals surface area contributed by atoms with E-state index < -0.39 is 12.2 Å². The summed E-state index contributed by atoms with van der Waals surface area (Å²) in [6.45, 7) is 0.981. The third-order valence-corrected chi connectivity index (χ3v) is 6.40. The second kappa shape index (κ2) is 8.34. The van der Waals surface area contributed by atoms with Gasteiger partial charge in [0, 0.05) is 31.7 Å². The predicted molar refractivity (Wildman–Crippen MR) is 115 cm³/mol. The molecule has 5 rings (SSSR count). The van der Waals surface area contributed by atoms with Crippen LogP contribution in [0.5, 0.6) is 5.75 Å². The van der Waals surface area contributed by atoms with E-state index in [9.17, 15) is 27.2 Å². The van der Waals surface area contributed by atoms with E-state index in [1.807, 2.05) is 0 Å². The molecule has 1 fully saturated rings. The van der Waals surface area contributed by atoms with Crippen LogP contribution >= 0.6 is 0 Å². The minimum Gasteiger partial charge on any atom is -0.406 e. The van der Waals surface area contributed by atoms with Crippen molar-refractivity contribution in [3.05, 3.63) is 65.5 Å². The van der Waals surface area contributed by atoms with Gasteiger partial charge in [-0.3, -0.25) is 4.79 Å². The van der Waals surface area contributed by atoms with Crippen LogP contribution in [0.4, 0.5) is 28.0 Å². The lowest BCUT2D eigenvalue weighted by atomic mass is 9.99. The molecule has 3 aliphatic rings. The van der Waals surface area contributed by atoms with Gasteiger partial charge < -0.3 is 19.9 Å². The van der Waals surface area contributed by atoms with Crippen LogP contribution in [0.2, 0.25) is 0 Å². The number of fused-ring (bicyclic) bond motifs is 3. The van der Waals surface area contributed by atoms with Gasteiger partial charge >= 0.3 is 12.4 Å². The molecule has 0 aromatic heterocycles. The number of urea groups is 1. The molecule has 0 saturated carbocycles. The second-order valence-corrected chi connectivity index (χ2v) is 8.66. The van der Waals surface area contributed by atoms with Gasteiger partial charge in [0.25, 0.3) is 0 Å². The van der Waals surface area contributed by atoms with Crippen molar-refractivity contribution in [3.8, 4) is 5.75 Å². The standard InChI is InChI=1S/C24H21F4N3O3/c25-17-3-6-20-16(11-17)13-30(23(33)29-20)8-7-22(32)31-12-14-9-19(21(31)10-14)15-1-4-18(5-2-15)34-24(26,27)28/h1-6,9,11,14,21H,7-8,10,12-13H2,(H,29,33). The Morgan fingerprint density at radius 1 is 1.15 bits per heavy atom. The molecule has 2 aromatic rings. The summed E-state index contributed by atoms with van der Waals surface area (Å²) >= 11 is 0. The zero-order valence-corrected chi connectivity index (χ0v) is 17.9. The monoisotopic (exact) mass is 475 g/mol. The van der Waals surface area contributed by atoms with Crippen LogP contribution in [-0.4, -0.2) is 47.2 Å². The number of alkyl halides is 3. The van der Waals surface area contributed by atoms with E-state index in [0.717, 1.165) is 17.6 Å². The van der Waals surface area contributed by atoms with Crippen molar-refractivity contribution in [1.29, 1.82) is 0 Å². The fourth-order valence-corrected chi connectivity index (χ4v) is 4.90. The molecule has 178 valence electrons. The summed E-state index contributed by atoms with van der Waals surface area (Å²) in [5.41, 5.74) is 2.86. The molecular weight excluding hydrogens is 454 g/mol. The maximum Gasteiger partial charge on any atom is 0.573 e. The number of benzene rings is 2. The highest BCUT2D eigenvalue weighted by Gasteiger charge is 2.42. The van der Waals surface area contributed by atoms with Crippen molar-refractivity contribution < 1.29 is 31.9 Å². The van der Waals surface area contributed by atoms with E-state index in [4.69, 9.17) is 0 Å². The molecule has 2 atom stereocenters. The largest absolute Gasteiger partial charge is 0.573 e. The number of amides is 3. The molecule has 2 unspecified atom stereocenters. The predicted octanol–water partition coefficient (Wildman–Crippen LogP) is 4.78. The lowest BCUT2D eigenvalue weighted by Crippen LogP contribution is -2.43. The number of nitrogens with zero attached hydrogens (tertiary/aromatic N) is 2. The quantitative estimate of drug-likeness (QED) is 0.634. The van der Waals surface area contributed by atoms with Gasteiger partial charge in [0.05, 0.1) is 6.04 Å². The Morgan fingerprint density at radius 2 is 1.91 bits per heavy atom. The van der Waals surface area contributed by atoms with Crippen molar-refractivity contribution in [1.82, 2.24) is 9.80 Å². The SMILES string of the molecule is O=C1Nc2ccc(F)cc2CN1CCC(=O)N1CC2C=C(c3ccc(OC(F)(F)F)cc3)C1C2. The van der Waals surface area contributed by atoms with Crippen LogP contribution in [0.1, 0.15) is 24.0 Å². The summed E-state index contributed by atoms with van der Waals surface area (Å²) in [6, 6.07) is 9.31. The number of hydrogen-bond acceptors (Lipinski definition) is 3. The Balaban J connectivity index is 1.21. The zero-order chi connectivity index (χ0) is 24.0. The van der Waals surface area contributed by atoms with Gasteiger partial charge in [-0.25, -0.2) is 9.18 Å². The molecule has 2 heterocycles. The average Bonchev–Trinajstić information content (AvgIpc) is 3.38. The number of rotatable bonds is 5. The minimum atomic E-state index is -4.75. The summed E-state index contributed by atoms with van der Waals surface area (Å²) < 4.78 is 54.7. The molecule has 0 radical (unpaired) electrons. The van der Waals surface area contributed by atoms with Gasteiger partial charge in [-0.2, -0.15) is 0 Å². The Morgan fingerprint density at radius 3 is 2.62 bits per heavy atom. The van der Waals surface area contributed by atoms with Crippen molar-refractivity contribution in [2.45, 2.75) is 31.8 Å². The van der Waals surface area contributed by atoms with Crippen molar-refractivity contribution in [2.24, 2.45) is 5.92 Å². The molecule has 6 nitrogen and oxygen atoms in total. The smallest absolute Gasteiger partial charge is 0.406 e. The molecule has 2 aliphatic heterocycles. The molecular formula is C24H21F4N3O3. The highest BCUT2D eigenvalue weighted by molar-refractivity contribution is 5.92. The number of ether oxygens (including phenoxy) is 1. The van der Waals surface area contributed by atoms with Crippen LogP contribution in [0.25, 0.3) is 5.57 Å². The van der Waals surface area contributed by atoms with E-state index in [1.54, 1.807) is 17.0 Å². The first kappa shape index (κ1) is 22.2. The number of anilines is 1. The van der Waals surface area contributed by atoms with Gasteiger partial charge in [-0.05, 0) is 59.4 Å². The molecule has 34 heavy (non-hydrogen) atoms. The Hall–Kier alpha value is -3.56. The minimum absolute atomic E-state index is 0.104. The van der Waals surface area contributed by atoms with Gasteiger partial charge in [-0.1, -0.05) is 18.2 Å². The summed E-state index contributed by atoms with van der Waals surface area (Å²) in [5.74, 6) is -0.610. The molecule has 3 amide bonds. The molecule has 0 spiro atoms. The Labute approximate surface area is 192 Å². The van der Waals surface area contributed by atoms with E-state index in [1.165, 1.54) is 35.2 Å². The fourth-order valence-electron chi connectivity index (χ4n) is 4.90. The maximum atomic E-state index is 13.5. The molecule has 2 bridgehead atoms. The van der Waals surface area contributed by atoms with Crippen molar-refractivity contribution in [3.63, 3.8) is 0 Å². The lowest BCUT2D eigenvalue weighted by molar-refractivity contribution is -0.274. The normalized spacial score (nSPS) is 21.3. The van der Waals surface area contributed by atoms with Gasteiger partial charge in [-0.15, -0.1) is 13.2 Å². The summed E-state index contributed by atoms with van der Waals surface area (Å²) in [6.07, 6.45) is -1.80. The number of carbonyl (C=O) groups excluding carboxylic acids is 2. The van der Waals surface area contributed by atoms with Crippen LogP contribution in [0.15, 0.2) is 48.5 Å². The third kappa shape index (κ3) is 4.44. The molecule has 2 aromatic carbocycles. The van der Waals surface area contributed by atoms with Crippen molar-refractivity contribution in [2.75, 3.05) is 18.4 Å². The molecule has 1 saturated heterocycles. The average molecular weight is 475 g/mol. The van der Waals surface area contributed by atoms with Gasteiger partial charge in [0.2, 0.25) is 5.91 Å². The number of likely N-dealkylation sites (tertiary alicyclic amines) is 1. The van der Waals surface area contributed by atoms with E-state index >= 15 is 0 Å². The first-order valence-corrected chi connectivity index (χ1v) is 10.9. The zero-order valence-electron chi connectivity index (χ0n) is 17.9. The van der Waals surface area contributed by atoms with E-state index in [0.29, 0.717) is 17.8 Å². The number of nitrogens with one attached hydrogen (secondary N) is 1. The lowest BCUT2D eigenvalue weighted by Gasteiger charge is -2.32. The van der Waals surface area contributed by atoms with Crippen LogP contribution in [0.3, 0.4) is 0 Å². The number of carbonyl (C=O) groups is 2. The van der Waals surface area contributed by atoms with Crippen LogP contribution < -0.4 is 10.1 Å². The highest BCUT2D eigenvalue weighted by Crippen LogP contribution is 2.42. The van der Waals surface area contributed by atoms with E-state index in [-0.39, 0.29) is 49.2 Å². The van der Waals surface area contributed by atoms with E-state index in [2.05, 4.69) is 16.1 Å². The summed E-state index contributed by atoms with van der Waals surface area (Å²) in [5, 5.41) is 2.71. The van der Waals surface area contributed by atoms with Gasteiger partial charge in [0.15, 0.2) is 0 Å². The Bertz CT molecular complexity index is 1160. The third-order valence-electron chi connectivity index (χ3n) is 6.40. The number of halogens is 4. The first-order chi connectivity index (χ1) is 16.2. The second-order valence-electron chi connectivity index (χ2n) is 8.66. The highest BCUT2D eigenvalue weighted by atomic mass is 19.4. The molecule has 1 aliphatic carbocycles. The summed E-state index contributed by atoms with van der Waals surface area (Å²) in [7, 11) is 0. The number of hydrogen-bond donors (Lipinski definition) is 1. The van der Waals surface area contributed by atoms with Crippen LogP contribution in [-0.2, 0) is 11.3 Å². The van der Waals surface area contributed by atoms with Crippen LogP contribution in [0, 0.1) is 11.7 Å². The van der Waals surface area contributed by atoms with Crippen molar-refractivity contribution >= 4 is 23.2 Å². The first-order valence-electron chi connectivity index (χ1n) is 10.9. The molecule has 1 N–H and O–H groups in total. The topological polar surface area (TPSA) is 61.9 Å². The molecule has 10 heteroatoms. The summed E-state index contributed by atoms with van der Waals surface area (Å²) in [4.78, 5) is 28.6.